The van der Waals surface area contributed by atoms with Crippen LogP contribution in [-0.2, 0) is 6.42 Å². The van der Waals surface area contributed by atoms with E-state index in [1.54, 1.807) is 13.3 Å². The van der Waals surface area contributed by atoms with Crippen LogP contribution in [0.25, 0.3) is 10.9 Å². The van der Waals surface area contributed by atoms with Crippen molar-refractivity contribution in [3.05, 3.63) is 54.4 Å². The first-order chi connectivity index (χ1) is 15.3. The summed E-state index contributed by atoms with van der Waals surface area (Å²) in [6, 6.07) is 8.16. The molecule has 0 aliphatic carbocycles. The third-order valence-electron chi connectivity index (χ3n) is 6.22. The molecule has 0 bridgehead atoms. The van der Waals surface area contributed by atoms with Crippen LogP contribution in [0.3, 0.4) is 0 Å². The van der Waals surface area contributed by atoms with Crippen LogP contribution in [-0.4, -0.2) is 53.3 Å². The van der Waals surface area contributed by atoms with Crippen LogP contribution in [0.5, 0.6) is 5.75 Å². The van der Waals surface area contributed by atoms with Crippen molar-refractivity contribution in [3.8, 4) is 17.6 Å². The Morgan fingerprint density at radius 1 is 1.29 bits per heavy atom. The fourth-order valence-corrected chi connectivity index (χ4v) is 4.48. The largest absolute Gasteiger partial charge is 0.497 e. The van der Waals surface area contributed by atoms with E-state index >= 15 is 0 Å². The number of benzene rings is 1. The Labute approximate surface area is 183 Å². The number of piperidine rings is 1. The summed E-state index contributed by atoms with van der Waals surface area (Å²) in [6.07, 6.45) is 9.23. The number of hydrogen-bond acceptors (Lipinski definition) is 6. The van der Waals surface area contributed by atoms with Gasteiger partial charge in [0, 0.05) is 24.7 Å². The molecule has 3 heterocycles. The van der Waals surface area contributed by atoms with Gasteiger partial charge in [-0.2, -0.15) is 0 Å². The van der Waals surface area contributed by atoms with Gasteiger partial charge < -0.3 is 14.3 Å². The normalized spacial score (nSPS) is 19.2. The molecule has 6 heteroatoms. The quantitative estimate of drug-likeness (QED) is 0.591. The molecule has 2 aromatic heterocycles. The van der Waals surface area contributed by atoms with E-state index < -0.39 is 0 Å². The minimum Gasteiger partial charge on any atom is -0.497 e. The molecule has 162 valence electrons. The summed E-state index contributed by atoms with van der Waals surface area (Å²) in [4.78, 5) is 10.7. The van der Waals surface area contributed by atoms with E-state index in [0.29, 0.717) is 24.1 Å². The summed E-state index contributed by atoms with van der Waals surface area (Å²) < 4.78 is 10.5. The smallest absolute Gasteiger partial charge is 0.197 e. The Bertz CT molecular complexity index is 1040. The van der Waals surface area contributed by atoms with E-state index in [0.717, 1.165) is 50.0 Å². The Hall–Kier alpha value is -2.88. The number of oxazole rings is 1. The van der Waals surface area contributed by atoms with Crippen molar-refractivity contribution in [2.75, 3.05) is 33.4 Å². The van der Waals surface area contributed by atoms with Gasteiger partial charge in [-0.1, -0.05) is 5.92 Å². The van der Waals surface area contributed by atoms with Gasteiger partial charge in [-0.15, -0.1) is 0 Å². The number of methoxy groups -OCH3 is 1. The first kappa shape index (κ1) is 21.4. The van der Waals surface area contributed by atoms with Crippen LogP contribution in [0.4, 0.5) is 0 Å². The molecule has 3 aromatic rings. The lowest BCUT2D eigenvalue weighted by molar-refractivity contribution is 0.0748. The summed E-state index contributed by atoms with van der Waals surface area (Å²) in [5.74, 6) is 8.45. The fourth-order valence-electron chi connectivity index (χ4n) is 4.48. The maximum atomic E-state index is 9.96. The summed E-state index contributed by atoms with van der Waals surface area (Å²) in [5, 5.41) is 11.1. The van der Waals surface area contributed by atoms with E-state index in [-0.39, 0.29) is 6.61 Å². The molecule has 1 aliphatic rings. The predicted molar refractivity (Wildman–Crippen MR) is 120 cm³/mol. The molecule has 31 heavy (non-hydrogen) atoms. The molecule has 1 aliphatic heterocycles. The maximum absolute atomic E-state index is 9.96. The average molecular weight is 420 g/mol. The highest BCUT2D eigenvalue weighted by atomic mass is 16.5. The standard InChI is InChI=1S/C25H29N3O3/c1-30-22-7-8-25-24(14-22)20(9-11-27-25)5-2-4-19-10-13-28(16-21(19)17-29)12-3-6-23-15-26-18-31-23/h7-9,11,14-15,18-19,21,29H,2,4-5,10,12-13,16-17H2,1H3/t19-,21-/m1/s1. The number of hydrogen-bond donors (Lipinski definition) is 1. The second-order valence-electron chi connectivity index (χ2n) is 8.14. The Balaban J connectivity index is 1.30. The van der Waals surface area contributed by atoms with Crippen molar-refractivity contribution < 1.29 is 14.3 Å². The lowest BCUT2D eigenvalue weighted by Gasteiger charge is -2.37. The fraction of sp³-hybridized carbons (Fsp3) is 0.440. The summed E-state index contributed by atoms with van der Waals surface area (Å²) >= 11 is 0. The number of pyridine rings is 1. The number of aryl methyl sites for hydroxylation is 1. The van der Waals surface area contributed by atoms with Gasteiger partial charge in [0.1, 0.15) is 5.75 Å². The van der Waals surface area contributed by atoms with Gasteiger partial charge in [0.05, 0.1) is 25.4 Å². The lowest BCUT2D eigenvalue weighted by Crippen LogP contribution is -2.42. The van der Waals surface area contributed by atoms with Crippen LogP contribution in [0.15, 0.2) is 47.5 Å². The van der Waals surface area contributed by atoms with Crippen LogP contribution in [0.2, 0.25) is 0 Å². The Morgan fingerprint density at radius 3 is 3.03 bits per heavy atom. The monoisotopic (exact) mass is 419 g/mol. The van der Waals surface area contributed by atoms with Gasteiger partial charge in [0.2, 0.25) is 0 Å². The average Bonchev–Trinajstić information content (AvgIpc) is 3.33. The zero-order chi connectivity index (χ0) is 21.5. The van der Waals surface area contributed by atoms with Gasteiger partial charge in [-0.25, -0.2) is 4.98 Å². The number of fused-ring (bicyclic) bond motifs is 1. The zero-order valence-corrected chi connectivity index (χ0v) is 18.0. The second kappa shape index (κ2) is 10.4. The maximum Gasteiger partial charge on any atom is 0.197 e. The third-order valence-corrected chi connectivity index (χ3v) is 6.22. The van der Waals surface area contributed by atoms with Gasteiger partial charge in [-0.05, 0) is 79.8 Å². The van der Waals surface area contributed by atoms with Crippen LogP contribution in [0.1, 0.15) is 30.6 Å². The SMILES string of the molecule is COc1ccc2nccc(CCC[C@@H]3CCN(CC#Cc4cnco4)C[C@@H]3CO)c2c1. The molecule has 0 unspecified atom stereocenters. The minimum absolute atomic E-state index is 0.228. The number of nitrogens with zero attached hydrogens (tertiary/aromatic N) is 3. The molecule has 0 spiro atoms. The number of aliphatic hydroxyl groups excluding tert-OH is 1. The van der Waals surface area contributed by atoms with Crippen molar-refractivity contribution in [1.29, 1.82) is 0 Å². The molecule has 0 amide bonds. The molecule has 4 rings (SSSR count). The van der Waals surface area contributed by atoms with E-state index in [9.17, 15) is 5.11 Å². The van der Waals surface area contributed by atoms with E-state index in [2.05, 4.69) is 38.8 Å². The van der Waals surface area contributed by atoms with E-state index in [1.165, 1.54) is 17.3 Å². The van der Waals surface area contributed by atoms with Gasteiger partial charge in [0.15, 0.2) is 12.2 Å². The molecule has 6 nitrogen and oxygen atoms in total. The first-order valence-electron chi connectivity index (χ1n) is 10.9. The highest BCUT2D eigenvalue weighted by Gasteiger charge is 2.28. The van der Waals surface area contributed by atoms with Crippen molar-refractivity contribution in [3.63, 3.8) is 0 Å². The molecule has 2 atom stereocenters. The molecule has 1 fully saturated rings. The first-order valence-corrected chi connectivity index (χ1v) is 10.9. The summed E-state index contributed by atoms with van der Waals surface area (Å²) in [5.41, 5.74) is 2.32. The van der Waals surface area contributed by atoms with Gasteiger partial charge >= 0.3 is 0 Å². The third kappa shape index (κ3) is 5.43. The Morgan fingerprint density at radius 2 is 2.23 bits per heavy atom. The number of aromatic nitrogens is 2. The predicted octanol–water partition coefficient (Wildman–Crippen LogP) is 3.54. The molecule has 1 N–H and O–H groups in total. The number of likely N-dealkylation sites (tertiary alicyclic amines) is 1. The van der Waals surface area contributed by atoms with Crippen molar-refractivity contribution >= 4 is 10.9 Å². The molecule has 1 aromatic carbocycles. The van der Waals surface area contributed by atoms with Gasteiger partial charge in [-0.3, -0.25) is 9.88 Å². The molecular formula is C25H29N3O3. The summed E-state index contributed by atoms with van der Waals surface area (Å²) in [7, 11) is 1.69. The van der Waals surface area contributed by atoms with Gasteiger partial charge in [0.25, 0.3) is 0 Å². The van der Waals surface area contributed by atoms with Crippen molar-refractivity contribution in [1.82, 2.24) is 14.9 Å². The number of ether oxygens (including phenoxy) is 1. The van der Waals surface area contributed by atoms with Crippen LogP contribution < -0.4 is 4.74 Å². The second-order valence-corrected chi connectivity index (χ2v) is 8.14. The minimum atomic E-state index is 0.228. The lowest BCUT2D eigenvalue weighted by atomic mass is 9.82. The highest BCUT2D eigenvalue weighted by Crippen LogP contribution is 2.29. The zero-order valence-electron chi connectivity index (χ0n) is 18.0. The number of aliphatic hydroxyl groups is 1. The molecular weight excluding hydrogens is 390 g/mol. The van der Waals surface area contributed by atoms with E-state index in [4.69, 9.17) is 9.15 Å². The van der Waals surface area contributed by atoms with Crippen LogP contribution >= 0.6 is 0 Å². The highest BCUT2D eigenvalue weighted by molar-refractivity contribution is 5.83. The van der Waals surface area contributed by atoms with Crippen molar-refractivity contribution in [2.24, 2.45) is 11.8 Å². The molecule has 0 radical (unpaired) electrons. The topological polar surface area (TPSA) is 71.6 Å². The Kier molecular flexibility index (Phi) is 7.18. The van der Waals surface area contributed by atoms with Crippen LogP contribution in [0, 0.1) is 23.7 Å². The molecule has 1 saturated heterocycles. The number of rotatable bonds is 7. The molecule has 0 saturated carbocycles. The van der Waals surface area contributed by atoms with E-state index in [1.807, 2.05) is 18.3 Å². The van der Waals surface area contributed by atoms with Crippen molar-refractivity contribution in [2.45, 2.75) is 25.7 Å². The summed E-state index contributed by atoms with van der Waals surface area (Å²) in [6.45, 7) is 2.82.